The third-order valence-corrected chi connectivity index (χ3v) is 4.91. The third-order valence-electron chi connectivity index (χ3n) is 4.91. The maximum absolute atomic E-state index is 12.4. The van der Waals surface area contributed by atoms with Crippen molar-refractivity contribution in [3.63, 3.8) is 0 Å². The number of methoxy groups -OCH3 is 1. The van der Waals surface area contributed by atoms with Crippen LogP contribution in [-0.2, 0) is 16.1 Å². The molecule has 0 saturated heterocycles. The number of esters is 1. The van der Waals surface area contributed by atoms with E-state index in [2.05, 4.69) is 10.5 Å². The Hall–Kier alpha value is -4.41. The zero-order valence-corrected chi connectivity index (χ0v) is 19.0. The first-order chi connectivity index (χ1) is 16.2. The van der Waals surface area contributed by atoms with Gasteiger partial charge in [0.1, 0.15) is 18.1 Å². The van der Waals surface area contributed by atoms with E-state index in [1.54, 1.807) is 32.9 Å². The summed E-state index contributed by atoms with van der Waals surface area (Å²) in [6.07, 6.45) is 0. The topological polar surface area (TPSA) is 143 Å². The van der Waals surface area contributed by atoms with Crippen LogP contribution < -0.4 is 14.8 Å². The van der Waals surface area contributed by atoms with Gasteiger partial charge in [0.05, 0.1) is 28.9 Å². The SMILES string of the molecule is COc1cc(C(=O)OCC(=O)Nc2ccc(C)cc2[N+](=O)[O-])ccc1OCc1c(C)noc1C. The number of benzene rings is 2. The van der Waals surface area contributed by atoms with Crippen LogP contribution in [0.15, 0.2) is 40.9 Å². The lowest BCUT2D eigenvalue weighted by Crippen LogP contribution is -2.21. The van der Waals surface area contributed by atoms with Crippen LogP contribution in [0.5, 0.6) is 11.5 Å². The molecule has 1 heterocycles. The molecule has 11 heteroatoms. The fourth-order valence-electron chi connectivity index (χ4n) is 3.07. The summed E-state index contributed by atoms with van der Waals surface area (Å²) in [5, 5.41) is 17.4. The summed E-state index contributed by atoms with van der Waals surface area (Å²) in [6.45, 7) is 4.85. The van der Waals surface area contributed by atoms with E-state index in [1.807, 2.05) is 0 Å². The molecule has 11 nitrogen and oxygen atoms in total. The number of hydrogen-bond acceptors (Lipinski definition) is 9. The number of carbonyl (C=O) groups is 2. The molecule has 1 amide bonds. The zero-order valence-electron chi connectivity index (χ0n) is 19.0. The molecule has 1 aromatic heterocycles. The van der Waals surface area contributed by atoms with E-state index in [0.717, 1.165) is 5.56 Å². The summed E-state index contributed by atoms with van der Waals surface area (Å²) in [5.41, 5.74) is 2.09. The zero-order chi connectivity index (χ0) is 24.8. The van der Waals surface area contributed by atoms with Crippen LogP contribution >= 0.6 is 0 Å². The first-order valence-electron chi connectivity index (χ1n) is 10.1. The lowest BCUT2D eigenvalue weighted by Gasteiger charge is -2.12. The highest BCUT2D eigenvalue weighted by atomic mass is 16.6. The van der Waals surface area contributed by atoms with Crippen LogP contribution in [0, 0.1) is 30.9 Å². The second-order valence-corrected chi connectivity index (χ2v) is 7.36. The van der Waals surface area contributed by atoms with Crippen molar-refractivity contribution in [2.24, 2.45) is 0 Å². The number of anilines is 1. The van der Waals surface area contributed by atoms with E-state index in [1.165, 1.54) is 31.4 Å². The molecule has 0 unspecified atom stereocenters. The van der Waals surface area contributed by atoms with Gasteiger partial charge < -0.3 is 24.1 Å². The van der Waals surface area contributed by atoms with E-state index in [4.69, 9.17) is 18.7 Å². The summed E-state index contributed by atoms with van der Waals surface area (Å²) in [7, 11) is 1.43. The fourth-order valence-corrected chi connectivity index (χ4v) is 3.07. The maximum Gasteiger partial charge on any atom is 0.338 e. The molecular formula is C23H23N3O8. The Balaban J connectivity index is 1.61. The Labute approximate surface area is 194 Å². The molecule has 0 aliphatic heterocycles. The van der Waals surface area contributed by atoms with Crippen LogP contribution in [0.3, 0.4) is 0 Å². The van der Waals surface area contributed by atoms with Gasteiger partial charge in [0.25, 0.3) is 11.6 Å². The minimum absolute atomic E-state index is 0.0121. The van der Waals surface area contributed by atoms with Crippen molar-refractivity contribution in [1.82, 2.24) is 5.16 Å². The fraction of sp³-hybridized carbons (Fsp3) is 0.261. The second-order valence-electron chi connectivity index (χ2n) is 7.36. The first kappa shape index (κ1) is 24.2. The third kappa shape index (κ3) is 5.68. The summed E-state index contributed by atoms with van der Waals surface area (Å²) < 4.78 is 21.2. The minimum atomic E-state index is -0.774. The van der Waals surface area contributed by atoms with Gasteiger partial charge >= 0.3 is 5.97 Å². The summed E-state index contributed by atoms with van der Waals surface area (Å²) in [5.74, 6) is -0.161. The molecule has 0 bridgehead atoms. The molecule has 2 aromatic carbocycles. The Kier molecular flexibility index (Phi) is 7.46. The van der Waals surface area contributed by atoms with Gasteiger partial charge in [-0.1, -0.05) is 11.2 Å². The number of nitrogens with zero attached hydrogens (tertiary/aromatic N) is 2. The Bertz CT molecular complexity index is 1220. The van der Waals surface area contributed by atoms with Crippen LogP contribution in [0.2, 0.25) is 0 Å². The van der Waals surface area contributed by atoms with Crippen molar-refractivity contribution in [2.45, 2.75) is 27.4 Å². The molecule has 178 valence electrons. The molecule has 0 spiro atoms. The van der Waals surface area contributed by atoms with Gasteiger partial charge in [0, 0.05) is 6.07 Å². The molecule has 34 heavy (non-hydrogen) atoms. The Morgan fingerprint density at radius 2 is 1.88 bits per heavy atom. The molecule has 3 aromatic rings. The lowest BCUT2D eigenvalue weighted by atomic mass is 10.2. The highest BCUT2D eigenvalue weighted by Crippen LogP contribution is 2.30. The van der Waals surface area contributed by atoms with Gasteiger partial charge in [-0.2, -0.15) is 0 Å². The van der Waals surface area contributed by atoms with Crippen LogP contribution in [0.4, 0.5) is 11.4 Å². The molecule has 0 saturated carbocycles. The number of nitro benzene ring substituents is 1. The number of aryl methyl sites for hydroxylation is 3. The van der Waals surface area contributed by atoms with Crippen molar-refractivity contribution in [3.05, 3.63) is 74.7 Å². The standard InChI is InChI=1S/C23H23N3O8/c1-13-5-7-18(19(9-13)26(29)30)24-22(27)12-33-23(28)16-6-8-20(21(10-16)31-4)32-11-17-14(2)25-34-15(17)3/h5-10H,11-12H2,1-4H3,(H,24,27). The van der Waals surface area contributed by atoms with E-state index in [9.17, 15) is 19.7 Å². The lowest BCUT2D eigenvalue weighted by molar-refractivity contribution is -0.384. The normalized spacial score (nSPS) is 10.5. The molecule has 0 atom stereocenters. The average molecular weight is 469 g/mol. The van der Waals surface area contributed by atoms with Crippen LogP contribution in [0.1, 0.15) is 32.9 Å². The van der Waals surface area contributed by atoms with Gasteiger partial charge in [-0.25, -0.2) is 4.79 Å². The predicted octanol–water partition coefficient (Wildman–Crippen LogP) is 3.89. The monoisotopic (exact) mass is 469 g/mol. The Morgan fingerprint density at radius 1 is 1.12 bits per heavy atom. The first-order valence-corrected chi connectivity index (χ1v) is 10.1. The Morgan fingerprint density at radius 3 is 2.53 bits per heavy atom. The van der Waals surface area contributed by atoms with E-state index < -0.39 is 23.4 Å². The van der Waals surface area contributed by atoms with E-state index in [0.29, 0.717) is 28.5 Å². The van der Waals surface area contributed by atoms with Crippen molar-refractivity contribution in [1.29, 1.82) is 0 Å². The van der Waals surface area contributed by atoms with Gasteiger partial charge in [-0.3, -0.25) is 14.9 Å². The van der Waals surface area contributed by atoms with Crippen molar-refractivity contribution in [3.8, 4) is 11.5 Å². The smallest absolute Gasteiger partial charge is 0.338 e. The molecular weight excluding hydrogens is 446 g/mol. The molecule has 0 aliphatic carbocycles. The minimum Gasteiger partial charge on any atom is -0.493 e. The molecule has 0 aliphatic rings. The van der Waals surface area contributed by atoms with Gasteiger partial charge in [-0.05, 0) is 50.6 Å². The van der Waals surface area contributed by atoms with Gasteiger partial charge in [0.2, 0.25) is 0 Å². The summed E-state index contributed by atoms with van der Waals surface area (Å²) in [6, 6.07) is 8.81. The molecule has 0 fully saturated rings. The predicted molar refractivity (Wildman–Crippen MR) is 120 cm³/mol. The maximum atomic E-state index is 12.4. The van der Waals surface area contributed by atoms with Crippen LogP contribution in [0.25, 0.3) is 0 Å². The highest BCUT2D eigenvalue weighted by molar-refractivity contribution is 5.97. The van der Waals surface area contributed by atoms with Crippen molar-refractivity contribution in [2.75, 3.05) is 19.0 Å². The number of ether oxygens (including phenoxy) is 3. The number of nitrogens with one attached hydrogen (secondary N) is 1. The molecule has 0 radical (unpaired) electrons. The average Bonchev–Trinajstić information content (AvgIpc) is 3.14. The molecule has 3 rings (SSSR count). The van der Waals surface area contributed by atoms with Gasteiger partial charge in [0.15, 0.2) is 18.1 Å². The van der Waals surface area contributed by atoms with Crippen LogP contribution in [-0.4, -0.2) is 35.7 Å². The number of rotatable bonds is 9. The number of amides is 1. The largest absolute Gasteiger partial charge is 0.493 e. The van der Waals surface area contributed by atoms with Crippen molar-refractivity contribution >= 4 is 23.3 Å². The van der Waals surface area contributed by atoms with Gasteiger partial charge in [-0.15, -0.1) is 0 Å². The van der Waals surface area contributed by atoms with Crippen molar-refractivity contribution < 1.29 is 33.2 Å². The number of aromatic nitrogens is 1. The number of hydrogen-bond donors (Lipinski definition) is 1. The highest BCUT2D eigenvalue weighted by Gasteiger charge is 2.18. The number of carbonyl (C=O) groups excluding carboxylic acids is 2. The van der Waals surface area contributed by atoms with E-state index in [-0.39, 0.29) is 23.5 Å². The molecule has 1 N–H and O–H groups in total. The quantitative estimate of drug-likeness (QED) is 0.280. The summed E-state index contributed by atoms with van der Waals surface area (Å²) in [4.78, 5) is 35.2. The number of nitro groups is 1. The summed E-state index contributed by atoms with van der Waals surface area (Å²) >= 11 is 0. The second kappa shape index (κ2) is 10.5. The van der Waals surface area contributed by atoms with E-state index >= 15 is 0 Å².